The van der Waals surface area contributed by atoms with Crippen LogP contribution in [0.15, 0.2) is 12.4 Å². The van der Waals surface area contributed by atoms with Gasteiger partial charge in [0.05, 0.1) is 0 Å². The number of rotatable bonds is 4. The largest absolute Gasteiger partial charge is 0.335 e. The van der Waals surface area contributed by atoms with E-state index in [0.29, 0.717) is 6.54 Å². The molecule has 1 aliphatic carbocycles. The van der Waals surface area contributed by atoms with Crippen molar-refractivity contribution in [2.45, 2.75) is 38.6 Å². The molecule has 2 N–H and O–H groups in total. The molecule has 0 radical (unpaired) electrons. The number of hydrogen-bond acceptors (Lipinski definition) is 2. The molecule has 0 atom stereocenters. The fraction of sp³-hybridized carbons (Fsp3) is 0.727. The molecule has 14 heavy (non-hydrogen) atoms. The van der Waals surface area contributed by atoms with Gasteiger partial charge in [-0.15, -0.1) is 0 Å². The lowest BCUT2D eigenvalue weighted by molar-refractivity contribution is 0.447. The van der Waals surface area contributed by atoms with E-state index in [1.165, 1.54) is 25.7 Å². The predicted molar refractivity (Wildman–Crippen MR) is 56.9 cm³/mol. The van der Waals surface area contributed by atoms with Crippen molar-refractivity contribution >= 4 is 0 Å². The summed E-state index contributed by atoms with van der Waals surface area (Å²) in [5.74, 6) is 2.03. The minimum Gasteiger partial charge on any atom is -0.335 e. The number of hydrogen-bond donors (Lipinski definition) is 1. The molecule has 0 bridgehead atoms. The van der Waals surface area contributed by atoms with Gasteiger partial charge in [0.25, 0.3) is 0 Å². The zero-order valence-electron chi connectivity index (χ0n) is 8.65. The summed E-state index contributed by atoms with van der Waals surface area (Å²) in [7, 11) is 0. The molecule has 0 spiro atoms. The molecule has 78 valence electrons. The summed E-state index contributed by atoms with van der Waals surface area (Å²) < 4.78 is 2.28. The average Bonchev–Trinajstić information content (AvgIpc) is 2.80. The first kappa shape index (κ1) is 9.71. The zero-order valence-corrected chi connectivity index (χ0v) is 8.65. The molecular formula is C11H19N3. The van der Waals surface area contributed by atoms with E-state index >= 15 is 0 Å². The van der Waals surface area contributed by atoms with Crippen molar-refractivity contribution in [1.29, 1.82) is 0 Å². The molecule has 0 amide bonds. The van der Waals surface area contributed by atoms with Gasteiger partial charge < -0.3 is 10.3 Å². The van der Waals surface area contributed by atoms with Crippen LogP contribution in [0.3, 0.4) is 0 Å². The summed E-state index contributed by atoms with van der Waals surface area (Å²) in [5.41, 5.74) is 5.54. The molecule has 3 heteroatoms. The van der Waals surface area contributed by atoms with Gasteiger partial charge >= 0.3 is 0 Å². The Kier molecular flexibility index (Phi) is 3.19. The molecule has 0 saturated heterocycles. The van der Waals surface area contributed by atoms with Crippen LogP contribution in [-0.2, 0) is 13.0 Å². The molecule has 0 aromatic carbocycles. The lowest BCUT2D eigenvalue weighted by Gasteiger charge is -2.12. The Morgan fingerprint density at radius 2 is 2.21 bits per heavy atom. The number of imidazole rings is 1. The van der Waals surface area contributed by atoms with E-state index in [-0.39, 0.29) is 0 Å². The Bertz CT molecular complexity index is 274. The number of nitrogens with zero attached hydrogens (tertiary/aromatic N) is 2. The lowest BCUT2D eigenvalue weighted by atomic mass is 10.1. The van der Waals surface area contributed by atoms with Gasteiger partial charge in [-0.1, -0.05) is 12.8 Å². The van der Waals surface area contributed by atoms with Crippen molar-refractivity contribution < 1.29 is 0 Å². The quantitative estimate of drug-likeness (QED) is 0.789. The third-order valence-electron chi connectivity index (χ3n) is 3.10. The second-order valence-electron chi connectivity index (χ2n) is 4.18. The van der Waals surface area contributed by atoms with Gasteiger partial charge in [0, 0.05) is 25.4 Å². The van der Waals surface area contributed by atoms with E-state index in [1.807, 2.05) is 6.20 Å². The normalized spacial score (nSPS) is 17.8. The highest BCUT2D eigenvalue weighted by Gasteiger charge is 2.16. The standard InChI is InChI=1S/C11H19N3/c12-6-5-11-13-7-8-14(11)9-10-3-1-2-4-10/h7-8,10H,1-6,9,12H2. The minimum atomic E-state index is 0.696. The van der Waals surface area contributed by atoms with Crippen molar-refractivity contribution in [1.82, 2.24) is 9.55 Å². The molecule has 1 saturated carbocycles. The third kappa shape index (κ3) is 2.15. The van der Waals surface area contributed by atoms with E-state index < -0.39 is 0 Å². The highest BCUT2D eigenvalue weighted by molar-refractivity contribution is 4.93. The first-order valence-corrected chi connectivity index (χ1v) is 5.60. The highest BCUT2D eigenvalue weighted by Crippen LogP contribution is 2.26. The Morgan fingerprint density at radius 3 is 2.93 bits per heavy atom. The van der Waals surface area contributed by atoms with E-state index in [4.69, 9.17) is 5.73 Å². The number of aromatic nitrogens is 2. The van der Waals surface area contributed by atoms with E-state index in [2.05, 4.69) is 15.7 Å². The molecule has 1 aliphatic rings. The second kappa shape index (κ2) is 4.60. The van der Waals surface area contributed by atoms with Gasteiger partial charge in [-0.2, -0.15) is 0 Å². The van der Waals surface area contributed by atoms with Crippen LogP contribution in [0.2, 0.25) is 0 Å². The maximum atomic E-state index is 5.54. The highest BCUT2D eigenvalue weighted by atomic mass is 15.1. The molecule has 0 aliphatic heterocycles. The van der Waals surface area contributed by atoms with Crippen molar-refractivity contribution in [3.63, 3.8) is 0 Å². The summed E-state index contributed by atoms with van der Waals surface area (Å²) in [5, 5.41) is 0. The lowest BCUT2D eigenvalue weighted by Crippen LogP contribution is -2.13. The van der Waals surface area contributed by atoms with Gasteiger partial charge in [0.1, 0.15) is 5.82 Å². The molecule has 1 fully saturated rings. The summed E-state index contributed by atoms with van der Waals surface area (Å²) in [6.45, 7) is 1.84. The van der Waals surface area contributed by atoms with Gasteiger partial charge in [-0.3, -0.25) is 0 Å². The Labute approximate surface area is 85.3 Å². The average molecular weight is 193 g/mol. The molecule has 0 unspecified atom stereocenters. The summed E-state index contributed by atoms with van der Waals surface area (Å²) >= 11 is 0. The summed E-state index contributed by atoms with van der Waals surface area (Å²) in [6.07, 6.45) is 10.5. The third-order valence-corrected chi connectivity index (χ3v) is 3.10. The van der Waals surface area contributed by atoms with Gasteiger partial charge in [0.2, 0.25) is 0 Å². The summed E-state index contributed by atoms with van der Waals surface area (Å²) in [4.78, 5) is 4.33. The Hall–Kier alpha value is -0.830. The summed E-state index contributed by atoms with van der Waals surface area (Å²) in [6, 6.07) is 0. The second-order valence-corrected chi connectivity index (χ2v) is 4.18. The molecule has 1 aromatic rings. The van der Waals surface area contributed by atoms with E-state index in [0.717, 1.165) is 24.7 Å². The predicted octanol–water partition coefficient (Wildman–Crippen LogP) is 1.57. The Morgan fingerprint density at radius 1 is 1.43 bits per heavy atom. The van der Waals surface area contributed by atoms with Gasteiger partial charge in [-0.25, -0.2) is 4.98 Å². The van der Waals surface area contributed by atoms with Crippen molar-refractivity contribution in [2.24, 2.45) is 11.7 Å². The molecule has 1 heterocycles. The zero-order chi connectivity index (χ0) is 9.80. The van der Waals surface area contributed by atoms with Crippen molar-refractivity contribution in [3.8, 4) is 0 Å². The van der Waals surface area contributed by atoms with Crippen molar-refractivity contribution in [3.05, 3.63) is 18.2 Å². The smallest absolute Gasteiger partial charge is 0.109 e. The van der Waals surface area contributed by atoms with Crippen LogP contribution in [0.1, 0.15) is 31.5 Å². The molecular weight excluding hydrogens is 174 g/mol. The maximum Gasteiger partial charge on any atom is 0.109 e. The SMILES string of the molecule is NCCc1nccn1CC1CCCC1. The van der Waals surface area contributed by atoms with Crippen LogP contribution in [0.4, 0.5) is 0 Å². The van der Waals surface area contributed by atoms with Crippen LogP contribution in [0.5, 0.6) is 0 Å². The van der Waals surface area contributed by atoms with Crippen molar-refractivity contribution in [2.75, 3.05) is 6.54 Å². The Balaban J connectivity index is 1.96. The monoisotopic (exact) mass is 193 g/mol. The maximum absolute atomic E-state index is 5.54. The first-order valence-electron chi connectivity index (χ1n) is 5.60. The molecule has 1 aromatic heterocycles. The van der Waals surface area contributed by atoms with Gasteiger partial charge in [-0.05, 0) is 25.3 Å². The minimum absolute atomic E-state index is 0.696. The van der Waals surface area contributed by atoms with Crippen LogP contribution in [0, 0.1) is 5.92 Å². The van der Waals surface area contributed by atoms with Gasteiger partial charge in [0.15, 0.2) is 0 Å². The number of nitrogens with two attached hydrogens (primary N) is 1. The van der Waals surface area contributed by atoms with Crippen LogP contribution < -0.4 is 5.73 Å². The topological polar surface area (TPSA) is 43.8 Å². The molecule has 2 rings (SSSR count). The van der Waals surface area contributed by atoms with E-state index in [1.54, 1.807) is 0 Å². The van der Waals surface area contributed by atoms with Crippen LogP contribution in [-0.4, -0.2) is 16.1 Å². The fourth-order valence-electron chi connectivity index (χ4n) is 2.33. The fourth-order valence-corrected chi connectivity index (χ4v) is 2.33. The molecule has 3 nitrogen and oxygen atoms in total. The van der Waals surface area contributed by atoms with Crippen LogP contribution in [0.25, 0.3) is 0 Å². The first-order chi connectivity index (χ1) is 6.90. The van der Waals surface area contributed by atoms with Crippen LogP contribution >= 0.6 is 0 Å². The van der Waals surface area contributed by atoms with E-state index in [9.17, 15) is 0 Å².